The molecule has 0 heterocycles. The summed E-state index contributed by atoms with van der Waals surface area (Å²) in [4.78, 5) is 0. The molecule has 0 aliphatic rings. The van der Waals surface area contributed by atoms with Gasteiger partial charge in [0.1, 0.15) is 0 Å². The van der Waals surface area contributed by atoms with Crippen LogP contribution in [0.2, 0.25) is 0 Å². The summed E-state index contributed by atoms with van der Waals surface area (Å²) in [5.41, 5.74) is 0. The largest absolute Gasteiger partial charge is 0.300 e. The molecule has 0 spiro atoms. The predicted molar refractivity (Wildman–Crippen MR) is 174 cm³/mol. The van der Waals surface area contributed by atoms with Gasteiger partial charge in [0.25, 0.3) is 10.1 Å². The Balaban J connectivity index is 3.56. The summed E-state index contributed by atoms with van der Waals surface area (Å²) in [6.07, 6.45) is 36.7. The van der Waals surface area contributed by atoms with Crippen molar-refractivity contribution in [2.24, 2.45) is 0 Å². The van der Waals surface area contributed by atoms with Crippen molar-refractivity contribution in [2.45, 2.75) is 224 Å². The van der Waals surface area contributed by atoms with Crippen LogP contribution in [0.4, 0.5) is 4.39 Å². The summed E-state index contributed by atoms with van der Waals surface area (Å²) in [5, 5.41) is -2.46. The summed E-state index contributed by atoms with van der Waals surface area (Å²) >= 11 is 0. The molecular formula is C35H71FO3S. The molecule has 242 valence electrons. The Morgan fingerprint density at radius 3 is 0.750 bits per heavy atom. The van der Waals surface area contributed by atoms with Crippen molar-refractivity contribution in [2.75, 3.05) is 0 Å². The lowest BCUT2D eigenvalue weighted by Crippen LogP contribution is -2.33. The van der Waals surface area contributed by atoms with E-state index in [4.69, 9.17) is 0 Å². The maximum atomic E-state index is 15.1. The monoisotopic (exact) mass is 591 g/mol. The van der Waals surface area contributed by atoms with E-state index in [1.807, 2.05) is 0 Å². The van der Waals surface area contributed by atoms with Crippen LogP contribution in [0.5, 0.6) is 0 Å². The van der Waals surface area contributed by atoms with Crippen LogP contribution in [0, 0.1) is 0 Å². The number of hydrogen-bond donors (Lipinski definition) is 1. The molecule has 0 radical (unpaired) electrons. The molecule has 0 aromatic carbocycles. The molecular weight excluding hydrogens is 519 g/mol. The summed E-state index contributed by atoms with van der Waals surface area (Å²) < 4.78 is 48.1. The molecule has 3 nitrogen and oxygen atoms in total. The standard InChI is InChI=1S/C35H71FO3S/c1-3-5-7-9-11-13-14-15-16-17-18-19-20-21-22-23-24-26-28-30-32-34-35(36,40(37,38)39)33-31-29-27-25-12-10-8-6-4-2/h3-34H2,1-2H3,(H,37,38,39). The van der Waals surface area contributed by atoms with Crippen molar-refractivity contribution >= 4 is 10.1 Å². The average molecular weight is 591 g/mol. The van der Waals surface area contributed by atoms with Gasteiger partial charge in [-0.3, -0.25) is 4.55 Å². The van der Waals surface area contributed by atoms with Crippen molar-refractivity contribution in [3.05, 3.63) is 0 Å². The number of alkyl halides is 1. The molecule has 0 bridgehead atoms. The zero-order chi connectivity index (χ0) is 29.6. The molecule has 0 fully saturated rings. The molecule has 0 amide bonds. The van der Waals surface area contributed by atoms with Gasteiger partial charge in [-0.15, -0.1) is 0 Å². The third-order valence-corrected chi connectivity index (χ3v) is 10.1. The van der Waals surface area contributed by atoms with Crippen molar-refractivity contribution < 1.29 is 17.4 Å². The Bertz CT molecular complexity index is 610. The van der Waals surface area contributed by atoms with Crippen LogP contribution in [0.1, 0.15) is 219 Å². The zero-order valence-electron chi connectivity index (χ0n) is 27.2. The Morgan fingerprint density at radius 1 is 0.400 bits per heavy atom. The quantitative estimate of drug-likeness (QED) is 0.0611. The predicted octanol–water partition coefficient (Wildman–Crippen LogP) is 13.1. The molecule has 0 saturated carbocycles. The van der Waals surface area contributed by atoms with Crippen LogP contribution in [0.25, 0.3) is 0 Å². The highest BCUT2D eigenvalue weighted by molar-refractivity contribution is 7.87. The van der Waals surface area contributed by atoms with Gasteiger partial charge in [0, 0.05) is 0 Å². The maximum Gasteiger partial charge on any atom is 0.300 e. The molecule has 0 aliphatic carbocycles. The van der Waals surface area contributed by atoms with Gasteiger partial charge in [0.05, 0.1) is 0 Å². The van der Waals surface area contributed by atoms with E-state index >= 15 is 4.39 Å². The highest BCUT2D eigenvalue weighted by atomic mass is 32.2. The SMILES string of the molecule is CCCCCCCCCCCCCCCCCCCCCCCC(F)(CCCCCCCCCCC)S(=O)(=O)O. The van der Waals surface area contributed by atoms with Gasteiger partial charge in [0.2, 0.25) is 5.00 Å². The van der Waals surface area contributed by atoms with Gasteiger partial charge in [-0.25, -0.2) is 4.39 Å². The van der Waals surface area contributed by atoms with Crippen molar-refractivity contribution in [1.29, 1.82) is 0 Å². The lowest BCUT2D eigenvalue weighted by atomic mass is 10.0. The second-order valence-corrected chi connectivity index (χ2v) is 14.4. The van der Waals surface area contributed by atoms with Gasteiger partial charge in [-0.2, -0.15) is 8.42 Å². The smallest absolute Gasteiger partial charge is 0.283 e. The zero-order valence-corrected chi connectivity index (χ0v) is 28.0. The van der Waals surface area contributed by atoms with Crippen molar-refractivity contribution in [1.82, 2.24) is 0 Å². The first-order valence-corrected chi connectivity index (χ1v) is 19.5. The van der Waals surface area contributed by atoms with Crippen molar-refractivity contribution in [3.63, 3.8) is 0 Å². The minimum Gasteiger partial charge on any atom is -0.283 e. The van der Waals surface area contributed by atoms with Gasteiger partial charge in [0.15, 0.2) is 0 Å². The molecule has 0 aliphatic heterocycles. The number of halogens is 1. The second kappa shape index (κ2) is 28.9. The number of rotatable bonds is 33. The Labute approximate surface area is 251 Å². The molecule has 5 heteroatoms. The summed E-state index contributed by atoms with van der Waals surface area (Å²) in [6.45, 7) is 4.49. The van der Waals surface area contributed by atoms with Gasteiger partial charge in [-0.1, -0.05) is 194 Å². The Kier molecular flexibility index (Phi) is 28.8. The molecule has 0 rings (SSSR count). The first-order valence-electron chi connectivity index (χ1n) is 18.0. The summed E-state index contributed by atoms with van der Waals surface area (Å²) in [5.74, 6) is 0. The van der Waals surface area contributed by atoms with E-state index in [0.717, 1.165) is 38.5 Å². The molecule has 1 atom stereocenters. The van der Waals surface area contributed by atoms with Crippen LogP contribution in [0.15, 0.2) is 0 Å². The summed E-state index contributed by atoms with van der Waals surface area (Å²) in [7, 11) is -4.66. The minimum atomic E-state index is -4.66. The normalized spacial score (nSPS) is 13.6. The van der Waals surface area contributed by atoms with Crippen LogP contribution in [-0.4, -0.2) is 18.0 Å². The topological polar surface area (TPSA) is 54.4 Å². The molecule has 0 aromatic heterocycles. The van der Waals surface area contributed by atoms with E-state index in [1.54, 1.807) is 0 Å². The minimum absolute atomic E-state index is 0.0676. The van der Waals surface area contributed by atoms with Crippen LogP contribution >= 0.6 is 0 Å². The van der Waals surface area contributed by atoms with E-state index in [1.165, 1.54) is 141 Å². The van der Waals surface area contributed by atoms with E-state index in [0.29, 0.717) is 12.8 Å². The maximum absolute atomic E-state index is 15.1. The first kappa shape index (κ1) is 39.8. The highest BCUT2D eigenvalue weighted by Gasteiger charge is 2.42. The fraction of sp³-hybridized carbons (Fsp3) is 1.00. The fourth-order valence-corrected chi connectivity index (χ4v) is 6.71. The second-order valence-electron chi connectivity index (χ2n) is 12.8. The molecule has 0 saturated heterocycles. The van der Waals surface area contributed by atoms with Gasteiger partial charge < -0.3 is 0 Å². The summed E-state index contributed by atoms with van der Waals surface area (Å²) in [6, 6.07) is 0. The van der Waals surface area contributed by atoms with Crippen molar-refractivity contribution in [3.8, 4) is 0 Å². The van der Waals surface area contributed by atoms with E-state index in [-0.39, 0.29) is 12.8 Å². The van der Waals surface area contributed by atoms with Crippen LogP contribution in [0.3, 0.4) is 0 Å². The van der Waals surface area contributed by atoms with Gasteiger partial charge in [-0.05, 0) is 25.7 Å². The van der Waals surface area contributed by atoms with Gasteiger partial charge >= 0.3 is 0 Å². The Morgan fingerprint density at radius 2 is 0.575 bits per heavy atom. The average Bonchev–Trinajstić information content (AvgIpc) is 2.92. The highest BCUT2D eigenvalue weighted by Crippen LogP contribution is 2.32. The van der Waals surface area contributed by atoms with Crippen LogP contribution in [-0.2, 0) is 10.1 Å². The molecule has 1 N–H and O–H groups in total. The van der Waals surface area contributed by atoms with E-state index < -0.39 is 15.1 Å². The lowest BCUT2D eigenvalue weighted by molar-refractivity contribution is 0.203. The van der Waals surface area contributed by atoms with E-state index in [2.05, 4.69) is 13.8 Å². The fourth-order valence-electron chi connectivity index (χ4n) is 5.90. The lowest BCUT2D eigenvalue weighted by Gasteiger charge is -2.22. The Hall–Kier alpha value is -0.160. The third kappa shape index (κ3) is 25.5. The van der Waals surface area contributed by atoms with E-state index in [9.17, 15) is 13.0 Å². The molecule has 40 heavy (non-hydrogen) atoms. The number of unbranched alkanes of at least 4 members (excludes halogenated alkanes) is 28. The van der Waals surface area contributed by atoms with Crippen LogP contribution < -0.4 is 0 Å². The molecule has 0 aromatic rings. The number of hydrogen-bond acceptors (Lipinski definition) is 2. The third-order valence-electron chi connectivity index (χ3n) is 8.77. The first-order chi connectivity index (χ1) is 19.4. The molecule has 1 unspecified atom stereocenters.